The molecule has 1 aromatic carbocycles. The van der Waals surface area contributed by atoms with Crippen LogP contribution in [-0.4, -0.2) is 65.5 Å². The number of nitrogens with one attached hydrogen (secondary N) is 1. The molecule has 5 atom stereocenters. The van der Waals surface area contributed by atoms with E-state index in [1.54, 1.807) is 0 Å². The molecule has 1 aromatic rings. The molecular weight excluding hydrogens is 375 g/mol. The van der Waals surface area contributed by atoms with Crippen LogP contribution in [0.3, 0.4) is 0 Å². The van der Waals surface area contributed by atoms with Crippen LogP contribution in [0.25, 0.3) is 0 Å². The van der Waals surface area contributed by atoms with Gasteiger partial charge in [-0.05, 0) is 49.7 Å². The molecule has 5 rings (SSSR count). The summed E-state index contributed by atoms with van der Waals surface area (Å²) in [5.74, 6) is 2.01. The van der Waals surface area contributed by atoms with Crippen molar-refractivity contribution in [2.45, 2.75) is 62.0 Å². The highest BCUT2D eigenvalue weighted by atomic mass is 32.2. The zero-order valence-electron chi connectivity index (χ0n) is 16.8. The summed E-state index contributed by atoms with van der Waals surface area (Å²) < 4.78 is 39.2. The lowest BCUT2D eigenvalue weighted by molar-refractivity contribution is -0.0474. The summed E-state index contributed by atoms with van der Waals surface area (Å²) in [6.07, 6.45) is 6.44. The van der Waals surface area contributed by atoms with Crippen LogP contribution in [0.5, 0.6) is 5.75 Å². The summed E-state index contributed by atoms with van der Waals surface area (Å²) in [5, 5.41) is 0. The molecule has 1 N–H and O–H groups in total. The number of hydrogen-bond donors (Lipinski definition) is 1. The van der Waals surface area contributed by atoms with E-state index in [1.807, 2.05) is 6.07 Å². The number of piperidine rings is 1. The molecule has 1 saturated carbocycles. The topological polar surface area (TPSA) is 67.9 Å². The van der Waals surface area contributed by atoms with Crippen molar-refractivity contribution >= 4 is 17.9 Å². The van der Waals surface area contributed by atoms with E-state index < -0.39 is 10.0 Å². The number of sulfonamides is 1. The SMILES string of the molecule is BC1C[C@H]2CC[C@@H]1c1ccccc1OCN1CCC[C@H](NS(C)(=O)=O)[C@@H]1CO2. The maximum atomic E-state index is 11.9. The normalized spacial score (nSPS) is 34.4. The predicted molar refractivity (Wildman–Crippen MR) is 112 cm³/mol. The van der Waals surface area contributed by atoms with Crippen molar-refractivity contribution in [3.63, 3.8) is 0 Å². The molecule has 1 unspecified atom stereocenters. The molecule has 3 aliphatic heterocycles. The highest BCUT2D eigenvalue weighted by Gasteiger charge is 2.37. The summed E-state index contributed by atoms with van der Waals surface area (Å²) in [4.78, 5) is 2.24. The van der Waals surface area contributed by atoms with E-state index in [0.29, 0.717) is 25.1 Å². The van der Waals surface area contributed by atoms with Crippen molar-refractivity contribution in [1.29, 1.82) is 0 Å². The van der Waals surface area contributed by atoms with Gasteiger partial charge in [-0.2, -0.15) is 0 Å². The fourth-order valence-electron chi connectivity index (χ4n) is 5.19. The molecule has 3 heterocycles. The molecule has 28 heavy (non-hydrogen) atoms. The van der Waals surface area contributed by atoms with Crippen LogP contribution >= 0.6 is 0 Å². The van der Waals surface area contributed by atoms with Crippen LogP contribution in [0.2, 0.25) is 5.82 Å². The number of hydrogen-bond acceptors (Lipinski definition) is 5. The van der Waals surface area contributed by atoms with E-state index in [9.17, 15) is 8.42 Å². The fraction of sp³-hybridized carbons (Fsp3) is 0.700. The Morgan fingerprint density at radius 2 is 2.04 bits per heavy atom. The molecular formula is C20H31BN2O4S. The summed E-state index contributed by atoms with van der Waals surface area (Å²) in [7, 11) is -0.957. The van der Waals surface area contributed by atoms with Crippen molar-refractivity contribution < 1.29 is 17.9 Å². The molecule has 6 nitrogen and oxygen atoms in total. The Morgan fingerprint density at radius 1 is 1.21 bits per heavy atom. The molecule has 8 heteroatoms. The van der Waals surface area contributed by atoms with Gasteiger partial charge in [-0.25, -0.2) is 13.1 Å². The average molecular weight is 406 g/mol. The summed E-state index contributed by atoms with van der Waals surface area (Å²) in [6.45, 7) is 1.89. The van der Waals surface area contributed by atoms with E-state index in [0.717, 1.165) is 44.4 Å². The molecule has 1 saturated heterocycles. The Morgan fingerprint density at radius 3 is 2.82 bits per heavy atom. The lowest BCUT2D eigenvalue weighted by Gasteiger charge is -2.43. The summed E-state index contributed by atoms with van der Waals surface area (Å²) in [5.41, 5.74) is 1.30. The molecule has 2 bridgehead atoms. The number of benzene rings is 1. The van der Waals surface area contributed by atoms with Crippen LogP contribution in [0.15, 0.2) is 24.3 Å². The minimum Gasteiger partial charge on any atom is -0.478 e. The third kappa shape index (κ3) is 4.56. The second-order valence-corrected chi connectivity index (χ2v) is 10.5. The zero-order chi connectivity index (χ0) is 19.7. The third-order valence-electron chi connectivity index (χ3n) is 6.59. The van der Waals surface area contributed by atoms with E-state index in [2.05, 4.69) is 35.7 Å². The first-order valence-electron chi connectivity index (χ1n) is 10.5. The fourth-order valence-corrected chi connectivity index (χ4v) is 6.01. The Labute approximate surface area is 169 Å². The van der Waals surface area contributed by atoms with Crippen LogP contribution < -0.4 is 9.46 Å². The van der Waals surface area contributed by atoms with Gasteiger partial charge in [-0.15, -0.1) is 0 Å². The average Bonchev–Trinajstić information content (AvgIpc) is 2.64. The van der Waals surface area contributed by atoms with Gasteiger partial charge in [0.25, 0.3) is 0 Å². The number of nitrogens with zero attached hydrogens (tertiary/aromatic N) is 1. The lowest BCUT2D eigenvalue weighted by atomic mass is 9.64. The standard InChI is InChI=1S/C20H31BN2O4S/c1-28(24,25)22-18-6-4-10-23-13-27-20-7-3-2-5-16(20)15-9-8-14(11-17(15)21)26-12-19(18)23/h2-3,5,7,14-15,17-19,22H,4,6,8-13,21H2,1H3/t14-,15-,17?,18+,19+/m1/s1. The van der Waals surface area contributed by atoms with Crippen molar-refractivity contribution in [3.05, 3.63) is 29.8 Å². The smallest absolute Gasteiger partial charge is 0.209 e. The Bertz CT molecular complexity index is 790. The van der Waals surface area contributed by atoms with Crippen LogP contribution in [-0.2, 0) is 14.8 Å². The molecule has 1 aliphatic carbocycles. The number of fused-ring (bicyclic) bond motifs is 4. The quantitative estimate of drug-likeness (QED) is 0.754. The molecule has 0 radical (unpaired) electrons. The first-order chi connectivity index (χ1) is 13.4. The van der Waals surface area contributed by atoms with E-state index in [1.165, 1.54) is 11.8 Å². The number of rotatable bonds is 2. The maximum absolute atomic E-state index is 11.9. The van der Waals surface area contributed by atoms with E-state index in [-0.39, 0.29) is 18.2 Å². The molecule has 4 aliphatic rings. The zero-order valence-corrected chi connectivity index (χ0v) is 17.7. The van der Waals surface area contributed by atoms with Crippen molar-refractivity contribution in [2.75, 3.05) is 26.1 Å². The first-order valence-corrected chi connectivity index (χ1v) is 12.3. The van der Waals surface area contributed by atoms with Gasteiger partial charge in [0.2, 0.25) is 10.0 Å². The lowest BCUT2D eigenvalue weighted by Crippen LogP contribution is -2.58. The summed E-state index contributed by atoms with van der Waals surface area (Å²) in [6, 6.07) is 8.25. The van der Waals surface area contributed by atoms with Crippen molar-refractivity contribution in [2.24, 2.45) is 0 Å². The Balaban J connectivity index is 1.62. The van der Waals surface area contributed by atoms with E-state index >= 15 is 0 Å². The van der Waals surface area contributed by atoms with Gasteiger partial charge in [0.1, 0.15) is 20.3 Å². The molecule has 154 valence electrons. The van der Waals surface area contributed by atoms with Gasteiger partial charge < -0.3 is 9.47 Å². The highest BCUT2D eigenvalue weighted by molar-refractivity contribution is 7.88. The van der Waals surface area contributed by atoms with Gasteiger partial charge in [0, 0.05) is 12.6 Å². The second kappa shape index (κ2) is 8.34. The molecule has 2 fully saturated rings. The predicted octanol–water partition coefficient (Wildman–Crippen LogP) is 1.49. The Hall–Kier alpha value is -1.09. The molecule has 0 amide bonds. The van der Waals surface area contributed by atoms with Crippen molar-refractivity contribution in [3.8, 4) is 5.75 Å². The van der Waals surface area contributed by atoms with Crippen LogP contribution in [0.1, 0.15) is 43.6 Å². The van der Waals surface area contributed by atoms with Gasteiger partial charge >= 0.3 is 0 Å². The summed E-state index contributed by atoms with van der Waals surface area (Å²) >= 11 is 0. The maximum Gasteiger partial charge on any atom is 0.209 e. The molecule has 0 aromatic heterocycles. The monoisotopic (exact) mass is 406 g/mol. The van der Waals surface area contributed by atoms with Crippen LogP contribution in [0.4, 0.5) is 0 Å². The van der Waals surface area contributed by atoms with E-state index in [4.69, 9.17) is 9.47 Å². The van der Waals surface area contributed by atoms with Gasteiger partial charge in [0.05, 0.1) is 25.0 Å². The first kappa shape index (κ1) is 20.2. The van der Waals surface area contributed by atoms with Gasteiger partial charge in [-0.3, -0.25) is 4.90 Å². The Kier molecular flexibility index (Phi) is 6.02. The van der Waals surface area contributed by atoms with Crippen LogP contribution in [0, 0.1) is 0 Å². The minimum absolute atomic E-state index is 0.0110. The minimum atomic E-state index is -3.27. The molecule has 0 spiro atoms. The van der Waals surface area contributed by atoms with Gasteiger partial charge in [-0.1, -0.05) is 24.0 Å². The van der Waals surface area contributed by atoms with Gasteiger partial charge in [0.15, 0.2) is 0 Å². The number of para-hydroxylation sites is 1. The largest absolute Gasteiger partial charge is 0.478 e. The second-order valence-electron chi connectivity index (χ2n) is 8.68. The third-order valence-corrected chi connectivity index (χ3v) is 7.32. The van der Waals surface area contributed by atoms with Crippen molar-refractivity contribution in [1.82, 2.24) is 9.62 Å². The number of ether oxygens (including phenoxy) is 2. The highest BCUT2D eigenvalue weighted by Crippen LogP contribution is 2.44.